The zero-order chi connectivity index (χ0) is 14.7. The van der Waals surface area contributed by atoms with Gasteiger partial charge < -0.3 is 0 Å². The van der Waals surface area contributed by atoms with Crippen LogP contribution in [0.15, 0.2) is 54.6 Å². The number of allylic oxidation sites excluding steroid dienone is 5. The van der Waals surface area contributed by atoms with Crippen molar-refractivity contribution in [2.75, 3.05) is 0 Å². The molecule has 0 aliphatic carbocycles. The first kappa shape index (κ1) is 17.4. The molecule has 0 fully saturated rings. The number of hydrogen-bond donors (Lipinski definition) is 0. The van der Waals surface area contributed by atoms with Gasteiger partial charge >= 0.3 is 0 Å². The minimum Gasteiger partial charge on any atom is -0.0985 e. The van der Waals surface area contributed by atoms with Crippen LogP contribution in [-0.2, 0) is 6.42 Å². The molecule has 0 atom stereocenters. The van der Waals surface area contributed by atoms with E-state index in [4.69, 9.17) is 0 Å². The van der Waals surface area contributed by atoms with Crippen molar-refractivity contribution in [2.45, 2.75) is 47.5 Å². The van der Waals surface area contributed by atoms with Crippen molar-refractivity contribution in [2.24, 2.45) is 0 Å². The second kappa shape index (κ2) is 10.4. The minimum absolute atomic E-state index is 1.11. The van der Waals surface area contributed by atoms with Gasteiger partial charge in [0.2, 0.25) is 0 Å². The molecule has 1 aromatic carbocycles. The zero-order valence-electron chi connectivity index (χ0n) is 13.2. The summed E-state index contributed by atoms with van der Waals surface area (Å²) in [5, 5.41) is 0. The number of rotatable bonds is 5. The molecule has 0 N–H and O–H groups in total. The Morgan fingerprint density at radius 3 is 2.11 bits per heavy atom. The number of aryl methyl sites for hydroxylation is 1. The van der Waals surface area contributed by atoms with E-state index in [1.807, 2.05) is 19.9 Å². The Labute approximate surface area is 119 Å². The summed E-state index contributed by atoms with van der Waals surface area (Å²) in [4.78, 5) is 0. The second-order valence-corrected chi connectivity index (χ2v) is 4.42. The fourth-order valence-corrected chi connectivity index (χ4v) is 1.88. The maximum Gasteiger partial charge on any atom is -0.0185 e. The summed E-state index contributed by atoms with van der Waals surface area (Å²) in [5.41, 5.74) is 5.20. The molecule has 1 aromatic rings. The molecular formula is C19H28. The monoisotopic (exact) mass is 256 g/mol. The molecule has 0 amide bonds. The predicted octanol–water partition coefficient (Wildman–Crippen LogP) is 6.20. The van der Waals surface area contributed by atoms with Crippen LogP contribution in [0.1, 0.15) is 52.2 Å². The summed E-state index contributed by atoms with van der Waals surface area (Å²) < 4.78 is 0. The third-order valence-corrected chi connectivity index (χ3v) is 2.84. The van der Waals surface area contributed by atoms with E-state index in [9.17, 15) is 0 Å². The third kappa shape index (κ3) is 6.24. The molecule has 1 rings (SSSR count). The van der Waals surface area contributed by atoms with Crippen LogP contribution >= 0.6 is 0 Å². The van der Waals surface area contributed by atoms with Crippen LogP contribution in [0.2, 0.25) is 0 Å². The van der Waals surface area contributed by atoms with Gasteiger partial charge in [-0.25, -0.2) is 0 Å². The molecular weight excluding hydrogens is 228 g/mol. The Kier molecular flexibility index (Phi) is 9.52. The molecule has 0 saturated heterocycles. The molecule has 0 unspecified atom stereocenters. The highest BCUT2D eigenvalue weighted by atomic mass is 14.0. The van der Waals surface area contributed by atoms with Crippen molar-refractivity contribution in [3.8, 4) is 0 Å². The number of hydrogen-bond acceptors (Lipinski definition) is 0. The molecule has 0 saturated carbocycles. The summed E-state index contributed by atoms with van der Waals surface area (Å²) in [6, 6.07) is 8.81. The average Bonchev–Trinajstić information content (AvgIpc) is 2.43. The summed E-state index contributed by atoms with van der Waals surface area (Å²) in [5.74, 6) is 0. The van der Waals surface area contributed by atoms with E-state index in [-0.39, 0.29) is 0 Å². The fraction of sp³-hybridized carbons (Fsp3) is 0.368. The molecule has 104 valence electrons. The van der Waals surface area contributed by atoms with Gasteiger partial charge in [0.1, 0.15) is 0 Å². The molecule has 0 aromatic heterocycles. The Bertz CT molecular complexity index is 412. The van der Waals surface area contributed by atoms with E-state index in [0.29, 0.717) is 0 Å². The standard InChI is InChI=1S/C17H22.C2H6/c1-5-7-8-9-15-10-12-16(13-11-15)17(6-2)14(3)4;1-2/h5-7,10-13H,2,8-9H2,1,3-4H3;1-2H3/b7-5+;. The van der Waals surface area contributed by atoms with Crippen LogP contribution in [0, 0.1) is 0 Å². The minimum atomic E-state index is 1.11. The lowest BCUT2D eigenvalue weighted by atomic mass is 9.99. The summed E-state index contributed by atoms with van der Waals surface area (Å²) in [7, 11) is 0. The van der Waals surface area contributed by atoms with Crippen molar-refractivity contribution in [1.29, 1.82) is 0 Å². The van der Waals surface area contributed by atoms with Crippen molar-refractivity contribution in [1.82, 2.24) is 0 Å². The normalized spacial score (nSPS) is 9.74. The van der Waals surface area contributed by atoms with Gasteiger partial charge in [-0.05, 0) is 50.3 Å². The first-order valence-electron chi connectivity index (χ1n) is 7.19. The quantitative estimate of drug-likeness (QED) is 0.434. The van der Waals surface area contributed by atoms with E-state index in [2.05, 4.69) is 63.8 Å². The Hall–Kier alpha value is -1.56. The van der Waals surface area contributed by atoms with Crippen LogP contribution < -0.4 is 0 Å². The largest absolute Gasteiger partial charge is 0.0985 e. The third-order valence-electron chi connectivity index (χ3n) is 2.84. The molecule has 0 nitrogen and oxygen atoms in total. The molecule has 0 heterocycles. The summed E-state index contributed by atoms with van der Waals surface area (Å²) in [6.07, 6.45) is 8.48. The van der Waals surface area contributed by atoms with Gasteiger partial charge in [-0.2, -0.15) is 0 Å². The van der Waals surface area contributed by atoms with Gasteiger partial charge in [0, 0.05) is 0 Å². The van der Waals surface area contributed by atoms with Gasteiger partial charge in [-0.1, -0.05) is 68.5 Å². The van der Waals surface area contributed by atoms with Crippen LogP contribution in [-0.4, -0.2) is 0 Å². The van der Waals surface area contributed by atoms with Gasteiger partial charge in [0.05, 0.1) is 0 Å². The second-order valence-electron chi connectivity index (χ2n) is 4.42. The SMILES string of the molecule is C=CC(=C(C)C)c1ccc(CC/C=C/C)cc1.CC. The van der Waals surface area contributed by atoms with Gasteiger partial charge in [0.15, 0.2) is 0 Å². The molecule has 0 aliphatic rings. The average molecular weight is 256 g/mol. The highest BCUT2D eigenvalue weighted by Gasteiger charge is 1.99. The predicted molar refractivity (Wildman–Crippen MR) is 89.4 cm³/mol. The van der Waals surface area contributed by atoms with Crippen molar-refractivity contribution >= 4 is 5.57 Å². The van der Waals surface area contributed by atoms with Crippen LogP contribution in [0.5, 0.6) is 0 Å². The Balaban J connectivity index is 0.00000154. The van der Waals surface area contributed by atoms with Crippen LogP contribution in [0.25, 0.3) is 5.57 Å². The van der Waals surface area contributed by atoms with Gasteiger partial charge in [-0.3, -0.25) is 0 Å². The maximum atomic E-state index is 3.87. The molecule has 0 aliphatic heterocycles. The molecule has 0 radical (unpaired) electrons. The van der Waals surface area contributed by atoms with E-state index >= 15 is 0 Å². The summed E-state index contributed by atoms with van der Waals surface area (Å²) in [6.45, 7) is 14.2. The van der Waals surface area contributed by atoms with Crippen molar-refractivity contribution < 1.29 is 0 Å². The van der Waals surface area contributed by atoms with Crippen LogP contribution in [0.3, 0.4) is 0 Å². The van der Waals surface area contributed by atoms with E-state index in [1.54, 1.807) is 0 Å². The lowest BCUT2D eigenvalue weighted by Gasteiger charge is -2.06. The topological polar surface area (TPSA) is 0 Å². The molecule has 19 heavy (non-hydrogen) atoms. The van der Waals surface area contributed by atoms with Gasteiger partial charge in [-0.15, -0.1) is 0 Å². The lowest BCUT2D eigenvalue weighted by molar-refractivity contribution is 0.999. The summed E-state index contributed by atoms with van der Waals surface area (Å²) >= 11 is 0. The highest BCUT2D eigenvalue weighted by Crippen LogP contribution is 2.20. The fourth-order valence-electron chi connectivity index (χ4n) is 1.88. The van der Waals surface area contributed by atoms with Gasteiger partial charge in [0.25, 0.3) is 0 Å². The van der Waals surface area contributed by atoms with E-state index < -0.39 is 0 Å². The first-order valence-corrected chi connectivity index (χ1v) is 7.19. The van der Waals surface area contributed by atoms with Crippen molar-refractivity contribution in [3.05, 3.63) is 65.8 Å². The number of benzene rings is 1. The first-order chi connectivity index (χ1) is 9.19. The molecule has 0 heteroatoms. The van der Waals surface area contributed by atoms with E-state index in [0.717, 1.165) is 12.8 Å². The highest BCUT2D eigenvalue weighted by molar-refractivity contribution is 5.75. The van der Waals surface area contributed by atoms with Crippen LogP contribution in [0.4, 0.5) is 0 Å². The zero-order valence-corrected chi connectivity index (χ0v) is 13.2. The Morgan fingerprint density at radius 1 is 1.11 bits per heavy atom. The molecule has 0 spiro atoms. The van der Waals surface area contributed by atoms with Crippen molar-refractivity contribution in [3.63, 3.8) is 0 Å². The molecule has 0 bridgehead atoms. The Morgan fingerprint density at radius 2 is 1.68 bits per heavy atom. The maximum absolute atomic E-state index is 3.87. The smallest absolute Gasteiger partial charge is 0.0185 e. The lowest BCUT2D eigenvalue weighted by Crippen LogP contribution is -1.87. The van der Waals surface area contributed by atoms with E-state index in [1.165, 1.54) is 22.3 Å².